The van der Waals surface area contributed by atoms with Crippen molar-refractivity contribution in [3.05, 3.63) is 28.8 Å². The van der Waals surface area contributed by atoms with Gasteiger partial charge in [-0.2, -0.15) is 0 Å². The summed E-state index contributed by atoms with van der Waals surface area (Å²) in [4.78, 5) is 12.0. The fourth-order valence-electron chi connectivity index (χ4n) is 2.04. The fraction of sp³-hybridized carbons (Fsp3) is 0.462. The fourth-order valence-corrected chi connectivity index (χ4v) is 3.02. The van der Waals surface area contributed by atoms with E-state index in [0.717, 1.165) is 6.42 Å². The molecule has 4 nitrogen and oxygen atoms in total. The molecule has 1 atom stereocenters. The molecule has 0 aromatic heterocycles. The number of amides is 1. The van der Waals surface area contributed by atoms with Gasteiger partial charge in [-0.05, 0) is 37.5 Å². The van der Waals surface area contributed by atoms with Gasteiger partial charge in [0, 0.05) is 16.7 Å². The van der Waals surface area contributed by atoms with Crippen molar-refractivity contribution in [3.8, 4) is 0 Å². The SMILES string of the molecule is CC(CC1CC1)NC(=O)c1cc(S(=O)(=O)Cl)ccc1Cl. The van der Waals surface area contributed by atoms with Crippen LogP contribution in [0.1, 0.15) is 36.5 Å². The van der Waals surface area contributed by atoms with Crippen molar-refractivity contribution in [2.45, 2.75) is 37.1 Å². The predicted molar refractivity (Wildman–Crippen MR) is 78.8 cm³/mol. The van der Waals surface area contributed by atoms with Crippen molar-refractivity contribution >= 4 is 37.2 Å². The molecule has 1 N–H and O–H groups in total. The molecule has 0 bridgehead atoms. The van der Waals surface area contributed by atoms with Gasteiger partial charge in [0.15, 0.2) is 0 Å². The molecule has 7 heteroatoms. The van der Waals surface area contributed by atoms with Crippen LogP contribution in [0.4, 0.5) is 0 Å². The molecule has 0 aliphatic heterocycles. The summed E-state index contributed by atoms with van der Waals surface area (Å²) in [6, 6.07) is 3.86. The van der Waals surface area contributed by atoms with E-state index < -0.39 is 9.05 Å². The first kappa shape index (κ1) is 15.6. The Hall–Kier alpha value is -0.780. The Labute approximate surface area is 127 Å². The van der Waals surface area contributed by atoms with E-state index in [-0.39, 0.29) is 27.4 Å². The molecule has 1 aromatic rings. The third-order valence-electron chi connectivity index (χ3n) is 3.23. The molecule has 20 heavy (non-hydrogen) atoms. The van der Waals surface area contributed by atoms with Crippen LogP contribution in [-0.2, 0) is 9.05 Å². The number of carbonyl (C=O) groups excluding carboxylic acids is 1. The van der Waals surface area contributed by atoms with Gasteiger partial charge in [-0.25, -0.2) is 8.42 Å². The summed E-state index contributed by atoms with van der Waals surface area (Å²) in [5.41, 5.74) is 0.121. The van der Waals surface area contributed by atoms with Gasteiger partial charge in [-0.15, -0.1) is 0 Å². The molecule has 1 fully saturated rings. The highest BCUT2D eigenvalue weighted by Gasteiger charge is 2.25. The van der Waals surface area contributed by atoms with Crippen LogP contribution in [0.3, 0.4) is 0 Å². The van der Waals surface area contributed by atoms with Gasteiger partial charge in [0.1, 0.15) is 0 Å². The zero-order chi connectivity index (χ0) is 14.9. The molecule has 0 heterocycles. The van der Waals surface area contributed by atoms with Crippen LogP contribution in [-0.4, -0.2) is 20.4 Å². The minimum Gasteiger partial charge on any atom is -0.350 e. The highest BCUT2D eigenvalue weighted by molar-refractivity contribution is 8.13. The largest absolute Gasteiger partial charge is 0.350 e. The molecule has 1 unspecified atom stereocenters. The highest BCUT2D eigenvalue weighted by atomic mass is 35.7. The van der Waals surface area contributed by atoms with E-state index in [1.165, 1.54) is 31.0 Å². The van der Waals surface area contributed by atoms with E-state index in [1.807, 2.05) is 6.92 Å². The lowest BCUT2D eigenvalue weighted by Gasteiger charge is -2.14. The van der Waals surface area contributed by atoms with Crippen LogP contribution in [0, 0.1) is 5.92 Å². The van der Waals surface area contributed by atoms with Crippen LogP contribution in [0.2, 0.25) is 5.02 Å². The molecular weight excluding hydrogens is 321 g/mol. The molecular formula is C13H15Cl2NO3S. The topological polar surface area (TPSA) is 63.2 Å². The van der Waals surface area contributed by atoms with Crippen LogP contribution >= 0.6 is 22.3 Å². The molecule has 0 saturated heterocycles. The smallest absolute Gasteiger partial charge is 0.261 e. The quantitative estimate of drug-likeness (QED) is 0.840. The second-order valence-electron chi connectivity index (χ2n) is 5.13. The molecule has 1 aliphatic carbocycles. The average Bonchev–Trinajstić information content (AvgIpc) is 3.11. The van der Waals surface area contributed by atoms with Crippen LogP contribution in [0.15, 0.2) is 23.1 Å². The standard InChI is InChI=1S/C13H15Cl2NO3S/c1-8(6-9-2-3-9)16-13(17)11-7-10(20(15,18)19)4-5-12(11)14/h4-5,7-9H,2-3,6H2,1H3,(H,16,17). The number of rotatable bonds is 5. The lowest BCUT2D eigenvalue weighted by molar-refractivity contribution is 0.0937. The van der Waals surface area contributed by atoms with Gasteiger partial charge in [-0.3, -0.25) is 4.79 Å². The molecule has 0 radical (unpaired) electrons. The van der Waals surface area contributed by atoms with Gasteiger partial charge < -0.3 is 5.32 Å². The molecule has 1 aromatic carbocycles. The molecule has 110 valence electrons. The van der Waals surface area contributed by atoms with Crippen molar-refractivity contribution < 1.29 is 13.2 Å². The molecule has 1 aliphatic rings. The second-order valence-corrected chi connectivity index (χ2v) is 8.11. The number of halogens is 2. The van der Waals surface area contributed by atoms with Gasteiger partial charge in [-0.1, -0.05) is 24.4 Å². The Morgan fingerprint density at radius 3 is 2.65 bits per heavy atom. The maximum absolute atomic E-state index is 12.1. The zero-order valence-corrected chi connectivity index (χ0v) is 13.2. The Kier molecular flexibility index (Phi) is 4.62. The van der Waals surface area contributed by atoms with Gasteiger partial charge in [0.05, 0.1) is 15.5 Å². The summed E-state index contributed by atoms with van der Waals surface area (Å²) in [6.07, 6.45) is 3.35. The summed E-state index contributed by atoms with van der Waals surface area (Å²) in [6.45, 7) is 1.92. The van der Waals surface area contributed by atoms with E-state index in [2.05, 4.69) is 5.32 Å². The van der Waals surface area contributed by atoms with Gasteiger partial charge >= 0.3 is 0 Å². The van der Waals surface area contributed by atoms with Gasteiger partial charge in [0.25, 0.3) is 15.0 Å². The maximum Gasteiger partial charge on any atom is 0.261 e. The van der Waals surface area contributed by atoms with Crippen LogP contribution < -0.4 is 5.32 Å². The predicted octanol–water partition coefficient (Wildman–Crippen LogP) is 3.19. The molecule has 1 amide bonds. The van der Waals surface area contributed by atoms with E-state index in [0.29, 0.717) is 5.92 Å². The van der Waals surface area contributed by atoms with E-state index >= 15 is 0 Å². The first-order chi connectivity index (χ1) is 9.27. The van der Waals surface area contributed by atoms with Crippen molar-refractivity contribution in [3.63, 3.8) is 0 Å². The third-order valence-corrected chi connectivity index (χ3v) is 4.91. The van der Waals surface area contributed by atoms with E-state index in [4.69, 9.17) is 22.3 Å². The zero-order valence-electron chi connectivity index (χ0n) is 10.9. The summed E-state index contributed by atoms with van der Waals surface area (Å²) < 4.78 is 22.6. The summed E-state index contributed by atoms with van der Waals surface area (Å²) in [7, 11) is 1.39. The third kappa shape index (κ3) is 4.11. The molecule has 2 rings (SSSR count). The maximum atomic E-state index is 12.1. The monoisotopic (exact) mass is 335 g/mol. The van der Waals surface area contributed by atoms with Gasteiger partial charge in [0.2, 0.25) is 0 Å². The molecule has 1 saturated carbocycles. The average molecular weight is 336 g/mol. The lowest BCUT2D eigenvalue weighted by atomic mass is 10.1. The lowest BCUT2D eigenvalue weighted by Crippen LogP contribution is -2.33. The number of hydrogen-bond donors (Lipinski definition) is 1. The normalized spacial score (nSPS) is 16.8. The Morgan fingerprint density at radius 2 is 2.10 bits per heavy atom. The van der Waals surface area contributed by atoms with Crippen LogP contribution in [0.5, 0.6) is 0 Å². The number of hydrogen-bond acceptors (Lipinski definition) is 3. The van der Waals surface area contributed by atoms with E-state index in [9.17, 15) is 13.2 Å². The van der Waals surface area contributed by atoms with E-state index in [1.54, 1.807) is 0 Å². The first-order valence-corrected chi connectivity index (χ1v) is 9.01. The van der Waals surface area contributed by atoms with Crippen molar-refractivity contribution in [1.29, 1.82) is 0 Å². The second kappa shape index (κ2) is 5.92. The Bertz CT molecular complexity index is 627. The molecule has 0 spiro atoms. The highest BCUT2D eigenvalue weighted by Crippen LogP contribution is 2.33. The number of benzene rings is 1. The Balaban J connectivity index is 2.15. The first-order valence-electron chi connectivity index (χ1n) is 6.32. The van der Waals surface area contributed by atoms with Crippen molar-refractivity contribution in [2.75, 3.05) is 0 Å². The number of nitrogens with one attached hydrogen (secondary N) is 1. The summed E-state index contributed by atoms with van der Waals surface area (Å²) >= 11 is 5.94. The van der Waals surface area contributed by atoms with Crippen LogP contribution in [0.25, 0.3) is 0 Å². The van der Waals surface area contributed by atoms with Crippen molar-refractivity contribution in [2.24, 2.45) is 5.92 Å². The minimum atomic E-state index is -3.88. The minimum absolute atomic E-state index is 0.0299. The van der Waals surface area contributed by atoms with Crippen molar-refractivity contribution in [1.82, 2.24) is 5.32 Å². The number of carbonyl (C=O) groups is 1. The summed E-state index contributed by atoms with van der Waals surface area (Å²) in [5, 5.41) is 3.02. The summed E-state index contributed by atoms with van der Waals surface area (Å²) in [5.74, 6) is 0.306. The Morgan fingerprint density at radius 1 is 1.45 bits per heavy atom.